The Hall–Kier alpha value is -1.96. The van der Waals surface area contributed by atoms with Gasteiger partial charge < -0.3 is 5.32 Å². The van der Waals surface area contributed by atoms with E-state index in [0.29, 0.717) is 17.1 Å². The second-order valence-corrected chi connectivity index (χ2v) is 8.40. The quantitative estimate of drug-likeness (QED) is 0.778. The van der Waals surface area contributed by atoms with Gasteiger partial charge in [-0.25, -0.2) is 12.8 Å². The first-order valence-electron chi connectivity index (χ1n) is 7.91. The molecule has 1 amide bonds. The topological polar surface area (TPSA) is 66.5 Å². The Bertz CT molecular complexity index is 886. The molecule has 0 aliphatic rings. The summed E-state index contributed by atoms with van der Waals surface area (Å²) in [5.41, 5.74) is 2.14. The maximum Gasteiger partial charge on any atom is 0.239 e. The molecule has 1 N–H and O–H groups in total. The predicted octanol–water partition coefficient (Wildman–Crippen LogP) is 3.23. The zero-order chi connectivity index (χ0) is 19.3. The lowest BCUT2D eigenvalue weighted by Gasteiger charge is -2.20. The summed E-state index contributed by atoms with van der Waals surface area (Å²) in [6.07, 6.45) is 1.42. The van der Waals surface area contributed by atoms with Crippen LogP contribution in [0.4, 0.5) is 10.1 Å². The first kappa shape index (κ1) is 20.4. The van der Waals surface area contributed by atoms with Crippen molar-refractivity contribution in [2.24, 2.45) is 0 Å². The van der Waals surface area contributed by atoms with E-state index in [9.17, 15) is 17.6 Å². The molecule has 26 heavy (non-hydrogen) atoms. The smallest absolute Gasteiger partial charge is 0.239 e. The van der Waals surface area contributed by atoms with Gasteiger partial charge in [0.2, 0.25) is 15.9 Å². The molecule has 0 heterocycles. The van der Waals surface area contributed by atoms with E-state index in [1.165, 1.54) is 12.1 Å². The highest BCUT2D eigenvalue weighted by atomic mass is 35.5. The Balaban J connectivity index is 2.04. The maximum atomic E-state index is 12.9. The number of hydrogen-bond acceptors (Lipinski definition) is 3. The molecule has 2 rings (SSSR count). The van der Waals surface area contributed by atoms with Crippen molar-refractivity contribution in [2.45, 2.75) is 13.3 Å². The van der Waals surface area contributed by atoms with E-state index < -0.39 is 15.9 Å². The number of hydrogen-bond donors (Lipinski definition) is 1. The summed E-state index contributed by atoms with van der Waals surface area (Å²) in [5.74, 6) is -0.815. The van der Waals surface area contributed by atoms with Gasteiger partial charge in [-0.1, -0.05) is 29.8 Å². The zero-order valence-corrected chi connectivity index (χ0v) is 16.1. The van der Waals surface area contributed by atoms with Crippen LogP contribution >= 0.6 is 11.6 Å². The number of sulfonamides is 1. The van der Waals surface area contributed by atoms with Gasteiger partial charge in [0.05, 0.1) is 12.8 Å². The molecule has 2 aromatic rings. The van der Waals surface area contributed by atoms with E-state index in [2.05, 4.69) is 5.32 Å². The average molecular weight is 399 g/mol. The monoisotopic (exact) mass is 398 g/mol. The largest absolute Gasteiger partial charge is 0.325 e. The molecule has 0 spiro atoms. The fourth-order valence-corrected chi connectivity index (χ4v) is 3.29. The number of nitrogens with zero attached hydrogens (tertiary/aromatic N) is 1. The molecule has 0 saturated carbocycles. The van der Waals surface area contributed by atoms with Crippen molar-refractivity contribution in [1.82, 2.24) is 4.31 Å². The third-order valence-corrected chi connectivity index (χ3v) is 5.31. The van der Waals surface area contributed by atoms with Crippen LogP contribution in [0.2, 0.25) is 5.02 Å². The van der Waals surface area contributed by atoms with E-state index in [0.717, 1.165) is 21.7 Å². The van der Waals surface area contributed by atoms with Crippen LogP contribution in [0.1, 0.15) is 11.1 Å². The van der Waals surface area contributed by atoms with Gasteiger partial charge in [-0.2, -0.15) is 4.31 Å². The third-order valence-electron chi connectivity index (χ3n) is 3.83. The normalized spacial score (nSPS) is 11.6. The summed E-state index contributed by atoms with van der Waals surface area (Å²) in [5, 5.41) is 3.15. The molecule has 0 bridgehead atoms. The second kappa shape index (κ2) is 8.62. The van der Waals surface area contributed by atoms with Crippen LogP contribution in [0.25, 0.3) is 0 Å². The first-order valence-corrected chi connectivity index (χ1v) is 10.1. The highest BCUT2D eigenvalue weighted by molar-refractivity contribution is 7.88. The SMILES string of the molecule is Cc1ccc(Cl)cc1NC(=O)CN(CCc1ccc(F)cc1)S(C)(=O)=O. The van der Waals surface area contributed by atoms with Crippen molar-refractivity contribution in [3.05, 3.63) is 64.4 Å². The van der Waals surface area contributed by atoms with Gasteiger partial charge in [0.1, 0.15) is 5.82 Å². The molecule has 0 unspecified atom stereocenters. The van der Waals surface area contributed by atoms with Gasteiger partial charge >= 0.3 is 0 Å². The molecule has 8 heteroatoms. The van der Waals surface area contributed by atoms with E-state index in [1.807, 2.05) is 6.92 Å². The number of aryl methyl sites for hydroxylation is 1. The number of anilines is 1. The summed E-state index contributed by atoms with van der Waals surface area (Å²) >= 11 is 5.92. The Labute approximate surface area is 157 Å². The van der Waals surface area contributed by atoms with Gasteiger partial charge in [-0.3, -0.25) is 4.79 Å². The summed E-state index contributed by atoms with van der Waals surface area (Å²) < 4.78 is 38.0. The Morgan fingerprint density at radius 1 is 1.19 bits per heavy atom. The van der Waals surface area contributed by atoms with E-state index in [4.69, 9.17) is 11.6 Å². The van der Waals surface area contributed by atoms with E-state index >= 15 is 0 Å². The highest BCUT2D eigenvalue weighted by Crippen LogP contribution is 2.20. The molecule has 140 valence electrons. The molecule has 0 aliphatic carbocycles. The van der Waals surface area contributed by atoms with Crippen molar-refractivity contribution in [1.29, 1.82) is 0 Å². The number of carbonyl (C=O) groups is 1. The van der Waals surface area contributed by atoms with Crippen LogP contribution in [0.3, 0.4) is 0 Å². The Morgan fingerprint density at radius 2 is 1.85 bits per heavy atom. The first-order chi connectivity index (χ1) is 12.1. The summed E-state index contributed by atoms with van der Waals surface area (Å²) in [6, 6.07) is 10.9. The highest BCUT2D eigenvalue weighted by Gasteiger charge is 2.20. The molecule has 0 saturated heterocycles. The fourth-order valence-electron chi connectivity index (χ4n) is 2.35. The van der Waals surface area contributed by atoms with Crippen LogP contribution in [0.5, 0.6) is 0 Å². The minimum absolute atomic E-state index is 0.117. The van der Waals surface area contributed by atoms with Crippen molar-refractivity contribution in [3.63, 3.8) is 0 Å². The molecule has 0 fully saturated rings. The van der Waals surface area contributed by atoms with Gasteiger partial charge in [-0.05, 0) is 48.7 Å². The predicted molar refractivity (Wildman–Crippen MR) is 101 cm³/mol. The minimum Gasteiger partial charge on any atom is -0.325 e. The molecule has 0 atom stereocenters. The molecular weight excluding hydrogens is 379 g/mol. The summed E-state index contributed by atoms with van der Waals surface area (Å²) in [4.78, 5) is 12.3. The summed E-state index contributed by atoms with van der Waals surface area (Å²) in [6.45, 7) is 1.62. The number of halogens is 2. The zero-order valence-electron chi connectivity index (χ0n) is 14.5. The fraction of sp³-hybridized carbons (Fsp3) is 0.278. The van der Waals surface area contributed by atoms with Crippen LogP contribution in [0.15, 0.2) is 42.5 Å². The van der Waals surface area contributed by atoms with Crippen molar-refractivity contribution < 1.29 is 17.6 Å². The number of rotatable bonds is 7. The maximum absolute atomic E-state index is 12.9. The molecule has 0 aromatic heterocycles. The van der Waals surface area contributed by atoms with E-state index in [-0.39, 0.29) is 18.9 Å². The van der Waals surface area contributed by atoms with Crippen LogP contribution < -0.4 is 5.32 Å². The summed E-state index contributed by atoms with van der Waals surface area (Å²) in [7, 11) is -3.58. The molecule has 2 aromatic carbocycles. The van der Waals surface area contributed by atoms with Gasteiger partial charge in [0.25, 0.3) is 0 Å². The molecule has 0 aliphatic heterocycles. The lowest BCUT2D eigenvalue weighted by atomic mass is 10.1. The van der Waals surface area contributed by atoms with Gasteiger partial charge in [-0.15, -0.1) is 0 Å². The third kappa shape index (κ3) is 6.09. The van der Waals surface area contributed by atoms with Crippen LogP contribution in [-0.2, 0) is 21.2 Å². The lowest BCUT2D eigenvalue weighted by Crippen LogP contribution is -2.38. The standard InChI is InChI=1S/C18H20ClFN2O3S/c1-13-3-6-15(19)11-17(13)21-18(23)12-22(26(2,24)25)10-9-14-4-7-16(20)8-5-14/h3-8,11H,9-10,12H2,1-2H3,(H,21,23). The number of carbonyl (C=O) groups excluding carboxylic acids is 1. The Morgan fingerprint density at radius 3 is 2.46 bits per heavy atom. The van der Waals surface area contributed by atoms with Gasteiger partial charge in [0.15, 0.2) is 0 Å². The Kier molecular flexibility index (Phi) is 6.75. The minimum atomic E-state index is -3.58. The van der Waals surface area contributed by atoms with Crippen molar-refractivity contribution in [3.8, 4) is 0 Å². The molecule has 5 nitrogen and oxygen atoms in total. The van der Waals surface area contributed by atoms with Crippen LogP contribution in [0, 0.1) is 12.7 Å². The van der Waals surface area contributed by atoms with Gasteiger partial charge in [0, 0.05) is 17.3 Å². The van der Waals surface area contributed by atoms with Crippen molar-refractivity contribution >= 4 is 33.2 Å². The van der Waals surface area contributed by atoms with E-state index in [1.54, 1.807) is 30.3 Å². The molecular formula is C18H20ClFN2O3S. The van der Waals surface area contributed by atoms with Crippen LogP contribution in [-0.4, -0.2) is 38.0 Å². The average Bonchev–Trinajstić information content (AvgIpc) is 2.55. The molecule has 0 radical (unpaired) electrons. The number of amides is 1. The second-order valence-electron chi connectivity index (χ2n) is 5.98. The lowest BCUT2D eigenvalue weighted by molar-refractivity contribution is -0.116. The number of benzene rings is 2. The number of nitrogens with one attached hydrogen (secondary N) is 1. The van der Waals surface area contributed by atoms with Crippen molar-refractivity contribution in [2.75, 3.05) is 24.7 Å².